The lowest BCUT2D eigenvalue weighted by molar-refractivity contribution is -0.156. The van der Waals surface area contributed by atoms with E-state index in [4.69, 9.17) is 5.73 Å². The average molecular weight is 340 g/mol. The molecule has 0 aromatic carbocycles. The van der Waals surface area contributed by atoms with Gasteiger partial charge in [0.1, 0.15) is 11.6 Å². The highest BCUT2D eigenvalue weighted by atomic mass is 35.5. The third-order valence-corrected chi connectivity index (χ3v) is 8.21. The van der Waals surface area contributed by atoms with Crippen molar-refractivity contribution < 1.29 is 9.59 Å². The van der Waals surface area contributed by atoms with Gasteiger partial charge in [0.25, 0.3) is 0 Å². The molecule has 4 saturated carbocycles. The molecule has 7 atom stereocenters. The van der Waals surface area contributed by atoms with Gasteiger partial charge in [-0.3, -0.25) is 9.59 Å². The summed E-state index contributed by atoms with van der Waals surface area (Å²) in [6.45, 7) is 4.54. The van der Waals surface area contributed by atoms with Crippen LogP contribution in [0.25, 0.3) is 0 Å². The van der Waals surface area contributed by atoms with Crippen molar-refractivity contribution in [1.29, 1.82) is 0 Å². The summed E-state index contributed by atoms with van der Waals surface area (Å²) in [6.07, 6.45) is 7.70. The van der Waals surface area contributed by atoms with E-state index in [1.807, 2.05) is 0 Å². The summed E-state index contributed by atoms with van der Waals surface area (Å²) in [5.41, 5.74) is 6.17. The Bertz CT molecular complexity index is 535. The van der Waals surface area contributed by atoms with Crippen LogP contribution in [-0.4, -0.2) is 17.6 Å². The molecule has 0 radical (unpaired) electrons. The SMILES string of the molecule is C[C@]12CCC(N)CC1C(=O)C[C@@H]1[C@H]2CC[C@]2(C)C(=O)CC[C@@H]12.Cl. The summed E-state index contributed by atoms with van der Waals surface area (Å²) in [5, 5.41) is 0. The summed E-state index contributed by atoms with van der Waals surface area (Å²) in [5.74, 6) is 2.62. The van der Waals surface area contributed by atoms with E-state index in [1.54, 1.807) is 0 Å². The van der Waals surface area contributed by atoms with Crippen molar-refractivity contribution in [3.63, 3.8) is 0 Å². The first-order valence-electron chi connectivity index (χ1n) is 9.18. The minimum atomic E-state index is -0.129. The first-order chi connectivity index (χ1) is 10.4. The number of ketones is 2. The fraction of sp³-hybridized carbons (Fsp3) is 0.895. The highest BCUT2D eigenvalue weighted by molar-refractivity contribution is 5.88. The van der Waals surface area contributed by atoms with Crippen molar-refractivity contribution in [2.45, 2.75) is 71.3 Å². The minimum absolute atomic E-state index is 0. The van der Waals surface area contributed by atoms with Crippen LogP contribution in [0.3, 0.4) is 0 Å². The zero-order valence-electron chi connectivity index (χ0n) is 14.3. The molecule has 0 heterocycles. The number of fused-ring (bicyclic) bond motifs is 5. The van der Waals surface area contributed by atoms with Crippen LogP contribution in [0.2, 0.25) is 0 Å². The molecule has 0 aromatic heterocycles. The Kier molecular flexibility index (Phi) is 4.21. The lowest BCUT2D eigenvalue weighted by Gasteiger charge is -2.59. The molecule has 4 aliphatic carbocycles. The van der Waals surface area contributed by atoms with Crippen LogP contribution in [0, 0.1) is 34.5 Å². The molecule has 0 bridgehead atoms. The number of halogens is 1. The molecule has 2 N–H and O–H groups in total. The largest absolute Gasteiger partial charge is 0.328 e. The number of rotatable bonds is 0. The molecule has 130 valence electrons. The highest BCUT2D eigenvalue weighted by Gasteiger charge is 2.61. The molecule has 0 spiro atoms. The van der Waals surface area contributed by atoms with Gasteiger partial charge in [0, 0.05) is 30.2 Å². The molecule has 0 aliphatic heterocycles. The van der Waals surface area contributed by atoms with E-state index in [0.29, 0.717) is 35.7 Å². The number of hydrogen-bond donors (Lipinski definition) is 1. The molecular weight excluding hydrogens is 310 g/mol. The number of nitrogens with two attached hydrogens (primary N) is 1. The van der Waals surface area contributed by atoms with Crippen LogP contribution < -0.4 is 5.73 Å². The molecule has 4 rings (SSSR count). The van der Waals surface area contributed by atoms with Crippen molar-refractivity contribution in [2.24, 2.45) is 40.2 Å². The van der Waals surface area contributed by atoms with E-state index < -0.39 is 0 Å². The van der Waals surface area contributed by atoms with Gasteiger partial charge in [0.15, 0.2) is 0 Å². The van der Waals surface area contributed by atoms with Gasteiger partial charge in [0.2, 0.25) is 0 Å². The van der Waals surface area contributed by atoms with Crippen LogP contribution >= 0.6 is 12.4 Å². The fourth-order valence-electron chi connectivity index (χ4n) is 6.84. The van der Waals surface area contributed by atoms with Gasteiger partial charge in [-0.25, -0.2) is 0 Å². The topological polar surface area (TPSA) is 60.2 Å². The molecule has 3 nitrogen and oxygen atoms in total. The maximum Gasteiger partial charge on any atom is 0.139 e. The van der Waals surface area contributed by atoms with Crippen LogP contribution in [-0.2, 0) is 9.59 Å². The van der Waals surface area contributed by atoms with Crippen molar-refractivity contribution in [1.82, 2.24) is 0 Å². The van der Waals surface area contributed by atoms with Gasteiger partial charge in [-0.1, -0.05) is 13.8 Å². The van der Waals surface area contributed by atoms with Crippen molar-refractivity contribution >= 4 is 24.0 Å². The van der Waals surface area contributed by atoms with Gasteiger partial charge in [0.05, 0.1) is 0 Å². The normalized spacial score (nSPS) is 52.2. The third kappa shape index (κ3) is 2.26. The maximum atomic E-state index is 12.9. The monoisotopic (exact) mass is 339 g/mol. The Labute approximate surface area is 145 Å². The fourth-order valence-corrected chi connectivity index (χ4v) is 6.84. The van der Waals surface area contributed by atoms with E-state index in [-0.39, 0.29) is 35.2 Å². The Morgan fingerprint density at radius 3 is 2.52 bits per heavy atom. The van der Waals surface area contributed by atoms with E-state index in [9.17, 15) is 9.59 Å². The number of carbonyl (C=O) groups excluding carboxylic acids is 2. The number of carbonyl (C=O) groups is 2. The van der Waals surface area contributed by atoms with Crippen molar-refractivity contribution in [3.05, 3.63) is 0 Å². The Morgan fingerprint density at radius 2 is 1.78 bits per heavy atom. The van der Waals surface area contributed by atoms with Crippen LogP contribution in [0.5, 0.6) is 0 Å². The lowest BCUT2D eigenvalue weighted by atomic mass is 9.45. The molecular formula is C19H30ClNO2. The lowest BCUT2D eigenvalue weighted by Crippen LogP contribution is -2.57. The second-order valence-corrected chi connectivity index (χ2v) is 9.06. The number of hydrogen-bond acceptors (Lipinski definition) is 3. The van der Waals surface area contributed by atoms with Gasteiger partial charge >= 0.3 is 0 Å². The van der Waals surface area contributed by atoms with E-state index in [0.717, 1.165) is 44.9 Å². The summed E-state index contributed by atoms with van der Waals surface area (Å²) < 4.78 is 0. The van der Waals surface area contributed by atoms with E-state index >= 15 is 0 Å². The first-order valence-corrected chi connectivity index (χ1v) is 9.18. The molecule has 4 heteroatoms. The summed E-state index contributed by atoms with van der Waals surface area (Å²) in [6, 6.07) is 0.209. The first kappa shape index (κ1) is 17.4. The highest BCUT2D eigenvalue weighted by Crippen LogP contribution is 2.64. The minimum Gasteiger partial charge on any atom is -0.328 e. The smallest absolute Gasteiger partial charge is 0.139 e. The molecule has 0 amide bonds. The summed E-state index contributed by atoms with van der Waals surface area (Å²) >= 11 is 0. The van der Waals surface area contributed by atoms with Crippen LogP contribution in [0.1, 0.15) is 65.2 Å². The molecule has 0 saturated heterocycles. The Morgan fingerprint density at radius 1 is 1.04 bits per heavy atom. The van der Waals surface area contributed by atoms with Crippen molar-refractivity contribution in [3.8, 4) is 0 Å². The zero-order chi connectivity index (χ0) is 15.7. The molecule has 23 heavy (non-hydrogen) atoms. The molecule has 4 aliphatic rings. The quantitative estimate of drug-likeness (QED) is 0.734. The summed E-state index contributed by atoms with van der Waals surface area (Å²) in [7, 11) is 0. The predicted molar refractivity (Wildman–Crippen MR) is 92.3 cm³/mol. The molecule has 4 fully saturated rings. The zero-order valence-corrected chi connectivity index (χ0v) is 15.2. The maximum absolute atomic E-state index is 12.9. The second kappa shape index (κ2) is 5.56. The van der Waals surface area contributed by atoms with Gasteiger partial charge in [-0.15, -0.1) is 12.4 Å². The standard InChI is InChI=1S/C19H29NO2.ClH/c1-18-7-5-11(20)9-15(18)16(21)10-12-13-3-4-17(22)19(13,2)8-6-14(12)18;/h11-15H,3-10,20H2,1-2H3;1H/t11?,12-,13-,14+,15?,18+,19-;/m0./s1. The predicted octanol–water partition coefficient (Wildman–Crippen LogP) is 3.53. The Balaban J connectivity index is 0.00000156. The third-order valence-electron chi connectivity index (χ3n) is 8.21. The second-order valence-electron chi connectivity index (χ2n) is 9.06. The van der Waals surface area contributed by atoms with Gasteiger partial charge in [-0.2, -0.15) is 0 Å². The Hall–Kier alpha value is -0.410. The van der Waals surface area contributed by atoms with Crippen LogP contribution in [0.15, 0.2) is 0 Å². The van der Waals surface area contributed by atoms with Crippen LogP contribution in [0.4, 0.5) is 0 Å². The van der Waals surface area contributed by atoms with E-state index in [2.05, 4.69) is 13.8 Å². The van der Waals surface area contributed by atoms with Gasteiger partial charge in [-0.05, 0) is 61.7 Å². The number of Topliss-reactive ketones (excluding diaryl/α,β-unsaturated/α-hetero) is 2. The van der Waals surface area contributed by atoms with Crippen molar-refractivity contribution in [2.75, 3.05) is 0 Å². The molecule has 0 aromatic rings. The van der Waals surface area contributed by atoms with E-state index in [1.165, 1.54) is 0 Å². The summed E-state index contributed by atoms with van der Waals surface area (Å²) in [4.78, 5) is 25.3. The average Bonchev–Trinajstić information content (AvgIpc) is 2.77. The molecule has 2 unspecified atom stereocenters. The van der Waals surface area contributed by atoms with Gasteiger partial charge < -0.3 is 5.73 Å².